The first-order valence-corrected chi connectivity index (χ1v) is 6.55. The fraction of sp³-hybridized carbons (Fsp3) is 0.333. The van der Waals surface area contributed by atoms with Gasteiger partial charge in [-0.3, -0.25) is 4.79 Å². The lowest BCUT2D eigenvalue weighted by Gasteiger charge is -2.10. The molecule has 6 heteroatoms. The summed E-state index contributed by atoms with van der Waals surface area (Å²) in [7, 11) is 0. The fourth-order valence-corrected chi connectivity index (χ4v) is 1.88. The van der Waals surface area contributed by atoms with Gasteiger partial charge in [-0.2, -0.15) is 0 Å². The summed E-state index contributed by atoms with van der Waals surface area (Å²) in [6.45, 7) is 3.66. The molecule has 0 unspecified atom stereocenters. The van der Waals surface area contributed by atoms with Gasteiger partial charge in [-0.25, -0.2) is 4.39 Å². The number of rotatable bonds is 7. The third-order valence-corrected chi connectivity index (χ3v) is 2.97. The maximum Gasteiger partial charge on any atom is 0.248 e. The number of amides is 1. The molecule has 21 heavy (non-hydrogen) atoms. The van der Waals surface area contributed by atoms with Crippen LogP contribution < -0.4 is 16.2 Å². The molecule has 0 fully saturated rings. The molecule has 0 saturated carbocycles. The van der Waals surface area contributed by atoms with Crippen molar-refractivity contribution in [1.82, 2.24) is 0 Å². The van der Waals surface area contributed by atoms with Gasteiger partial charge in [0, 0.05) is 17.0 Å². The Labute approximate surface area is 123 Å². The Morgan fingerprint density at radius 2 is 2.00 bits per heavy atom. The molecule has 0 aliphatic carbocycles. The van der Waals surface area contributed by atoms with E-state index in [2.05, 4.69) is 0 Å². The molecule has 0 saturated heterocycles. The number of primary amides is 1. The van der Waals surface area contributed by atoms with Gasteiger partial charge in [-0.05, 0) is 50.5 Å². The van der Waals surface area contributed by atoms with Crippen LogP contribution in [-0.4, -0.2) is 18.2 Å². The molecule has 1 amide bonds. The van der Waals surface area contributed by atoms with Gasteiger partial charge in [0.15, 0.2) is 11.6 Å². The second-order valence-corrected chi connectivity index (χ2v) is 4.75. The smallest absolute Gasteiger partial charge is 0.248 e. The van der Waals surface area contributed by atoms with Gasteiger partial charge in [-0.15, -0.1) is 0 Å². The van der Waals surface area contributed by atoms with Crippen LogP contribution in [0.3, 0.4) is 0 Å². The van der Waals surface area contributed by atoms with E-state index < -0.39 is 11.7 Å². The van der Waals surface area contributed by atoms with Crippen LogP contribution in [0.2, 0.25) is 0 Å². The lowest BCUT2D eigenvalue weighted by atomic mass is 10.0. The summed E-state index contributed by atoms with van der Waals surface area (Å²) >= 11 is 0. The molecule has 0 aromatic heterocycles. The standard InChI is InChI=1S/C15H20FN3O2/c1-9(17)12(10(2)18)4-3-7-21-14-8-11(15(19)20)5-6-13(14)16/h5-6,8,17H,3-4,7,18H2,1-2H3,(H2,19,20)/b12-10-,17-9?. The van der Waals surface area contributed by atoms with Crippen molar-refractivity contribution in [1.29, 1.82) is 5.41 Å². The Hall–Kier alpha value is -2.37. The summed E-state index contributed by atoms with van der Waals surface area (Å²) in [6.07, 6.45) is 1.16. The van der Waals surface area contributed by atoms with Crippen LogP contribution >= 0.6 is 0 Å². The monoisotopic (exact) mass is 293 g/mol. The highest BCUT2D eigenvalue weighted by atomic mass is 19.1. The summed E-state index contributed by atoms with van der Waals surface area (Å²) in [5.74, 6) is -1.19. The fourth-order valence-electron chi connectivity index (χ4n) is 1.88. The molecule has 0 aliphatic rings. The highest BCUT2D eigenvalue weighted by Crippen LogP contribution is 2.19. The summed E-state index contributed by atoms with van der Waals surface area (Å²) in [5, 5.41) is 7.60. The van der Waals surface area contributed by atoms with Crippen LogP contribution in [-0.2, 0) is 0 Å². The van der Waals surface area contributed by atoms with E-state index in [0.29, 0.717) is 24.3 Å². The number of halogens is 1. The Morgan fingerprint density at radius 3 is 2.52 bits per heavy atom. The molecular formula is C15H20FN3O2. The van der Waals surface area contributed by atoms with Gasteiger partial charge in [-0.1, -0.05) is 0 Å². The predicted octanol–water partition coefficient (Wildman–Crippen LogP) is 2.36. The van der Waals surface area contributed by atoms with E-state index in [-0.39, 0.29) is 17.9 Å². The minimum atomic E-state index is -0.636. The maximum atomic E-state index is 13.5. The summed E-state index contributed by atoms with van der Waals surface area (Å²) < 4.78 is 18.9. The summed E-state index contributed by atoms with van der Waals surface area (Å²) in [5.41, 5.74) is 12.8. The molecule has 5 N–H and O–H groups in total. The van der Waals surface area contributed by atoms with Crippen LogP contribution in [0.25, 0.3) is 0 Å². The van der Waals surface area contributed by atoms with Crippen LogP contribution in [0.1, 0.15) is 37.0 Å². The van der Waals surface area contributed by atoms with Crippen molar-refractivity contribution >= 4 is 11.6 Å². The Morgan fingerprint density at radius 1 is 1.33 bits per heavy atom. The summed E-state index contributed by atoms with van der Waals surface area (Å²) in [6, 6.07) is 3.73. The second-order valence-electron chi connectivity index (χ2n) is 4.75. The molecule has 0 atom stereocenters. The van der Waals surface area contributed by atoms with E-state index in [0.717, 1.165) is 11.6 Å². The number of allylic oxidation sites excluding steroid dienone is 2. The van der Waals surface area contributed by atoms with E-state index in [9.17, 15) is 9.18 Å². The molecule has 114 valence electrons. The number of nitrogens with one attached hydrogen (secondary N) is 1. The van der Waals surface area contributed by atoms with E-state index in [4.69, 9.17) is 21.6 Å². The molecule has 1 aromatic carbocycles. The third-order valence-electron chi connectivity index (χ3n) is 2.97. The van der Waals surface area contributed by atoms with E-state index in [1.807, 2.05) is 0 Å². The average Bonchev–Trinajstić information content (AvgIpc) is 2.39. The van der Waals surface area contributed by atoms with E-state index in [1.165, 1.54) is 12.1 Å². The predicted molar refractivity (Wildman–Crippen MR) is 79.9 cm³/mol. The lowest BCUT2D eigenvalue weighted by molar-refractivity contribution is 0.0999. The topological polar surface area (TPSA) is 102 Å². The van der Waals surface area contributed by atoms with E-state index >= 15 is 0 Å². The van der Waals surface area contributed by atoms with Crippen molar-refractivity contribution < 1.29 is 13.9 Å². The Bertz CT molecular complexity index is 578. The zero-order valence-corrected chi connectivity index (χ0v) is 12.2. The number of hydrogen-bond acceptors (Lipinski definition) is 4. The number of carbonyl (C=O) groups excluding carboxylic acids is 1. The first kappa shape index (κ1) is 16.7. The molecule has 0 aliphatic heterocycles. The van der Waals surface area contributed by atoms with Crippen LogP contribution in [0.5, 0.6) is 5.75 Å². The Balaban J connectivity index is 2.61. The van der Waals surface area contributed by atoms with Crippen molar-refractivity contribution in [3.05, 3.63) is 40.8 Å². The molecule has 0 heterocycles. The van der Waals surface area contributed by atoms with Gasteiger partial charge >= 0.3 is 0 Å². The number of hydrogen-bond donors (Lipinski definition) is 3. The quantitative estimate of drug-likeness (QED) is 0.531. The minimum absolute atomic E-state index is 0.00660. The zero-order chi connectivity index (χ0) is 16.0. The highest BCUT2D eigenvalue weighted by Gasteiger charge is 2.09. The summed E-state index contributed by atoms with van der Waals surface area (Å²) in [4.78, 5) is 11.0. The first-order valence-electron chi connectivity index (χ1n) is 6.55. The molecular weight excluding hydrogens is 273 g/mol. The number of carbonyl (C=O) groups is 1. The maximum absolute atomic E-state index is 13.5. The average molecular weight is 293 g/mol. The normalized spacial score (nSPS) is 11.8. The van der Waals surface area contributed by atoms with E-state index in [1.54, 1.807) is 13.8 Å². The molecule has 5 nitrogen and oxygen atoms in total. The first-order chi connectivity index (χ1) is 9.82. The Kier molecular flexibility index (Phi) is 5.90. The van der Waals surface area contributed by atoms with Gasteiger partial charge in [0.1, 0.15) is 0 Å². The molecule has 0 spiro atoms. The zero-order valence-electron chi connectivity index (χ0n) is 12.2. The van der Waals surface area contributed by atoms with Crippen molar-refractivity contribution in [2.24, 2.45) is 11.5 Å². The molecule has 1 aromatic rings. The number of nitrogens with two attached hydrogens (primary N) is 2. The van der Waals surface area contributed by atoms with Crippen molar-refractivity contribution in [2.45, 2.75) is 26.7 Å². The van der Waals surface area contributed by atoms with Crippen molar-refractivity contribution in [3.63, 3.8) is 0 Å². The third kappa shape index (κ3) is 4.91. The molecule has 0 radical (unpaired) electrons. The van der Waals surface area contributed by atoms with Crippen molar-refractivity contribution in [2.75, 3.05) is 6.61 Å². The molecule has 1 rings (SSSR count). The van der Waals surface area contributed by atoms with Crippen LogP contribution in [0.15, 0.2) is 29.5 Å². The van der Waals surface area contributed by atoms with Crippen LogP contribution in [0, 0.1) is 11.2 Å². The minimum Gasteiger partial charge on any atom is -0.490 e. The molecule has 0 bridgehead atoms. The SMILES string of the molecule is CC(=N)/C(CCCOc1cc(C(N)=O)ccc1F)=C(/C)N. The van der Waals surface area contributed by atoms with Crippen molar-refractivity contribution in [3.8, 4) is 5.75 Å². The lowest BCUT2D eigenvalue weighted by Crippen LogP contribution is -2.12. The number of benzene rings is 1. The van der Waals surface area contributed by atoms with Crippen LogP contribution in [0.4, 0.5) is 4.39 Å². The number of ether oxygens (including phenoxy) is 1. The largest absolute Gasteiger partial charge is 0.490 e. The van der Waals surface area contributed by atoms with Gasteiger partial charge in [0.2, 0.25) is 5.91 Å². The second kappa shape index (κ2) is 7.42. The van der Waals surface area contributed by atoms with Gasteiger partial charge in [0.25, 0.3) is 0 Å². The van der Waals surface area contributed by atoms with Gasteiger partial charge < -0.3 is 21.6 Å². The highest BCUT2D eigenvalue weighted by molar-refractivity contribution is 5.96. The van der Waals surface area contributed by atoms with Gasteiger partial charge in [0.05, 0.1) is 6.61 Å².